The lowest BCUT2D eigenvalue weighted by Crippen LogP contribution is -2.37. The molecule has 1 aliphatic heterocycles. The molecule has 1 aromatic carbocycles. The van der Waals surface area contributed by atoms with E-state index in [4.69, 9.17) is 10.5 Å². The third-order valence-electron chi connectivity index (χ3n) is 4.02. The zero-order valence-electron chi connectivity index (χ0n) is 12.6. The number of nitrogens with zero attached hydrogens (tertiary/aromatic N) is 1. The highest BCUT2D eigenvalue weighted by molar-refractivity contribution is 5.38. The Balaban J connectivity index is 1.78. The first kappa shape index (κ1) is 15.8. The summed E-state index contributed by atoms with van der Waals surface area (Å²) >= 11 is 0. The molecule has 0 aliphatic carbocycles. The number of aliphatic hydroxyl groups is 1. The first-order valence-corrected chi connectivity index (χ1v) is 7.51. The van der Waals surface area contributed by atoms with E-state index in [9.17, 15) is 5.11 Å². The van der Waals surface area contributed by atoms with Crippen LogP contribution in [0.4, 0.5) is 0 Å². The quantitative estimate of drug-likeness (QED) is 0.796. The Morgan fingerprint density at radius 1 is 1.38 bits per heavy atom. The highest BCUT2D eigenvalue weighted by atomic mass is 16.5. The molecule has 1 fully saturated rings. The van der Waals surface area contributed by atoms with Gasteiger partial charge in [0.15, 0.2) is 0 Å². The molecule has 4 heteroatoms. The molecule has 0 spiro atoms. The van der Waals surface area contributed by atoms with Crippen LogP contribution in [0.5, 0.6) is 5.75 Å². The first-order valence-electron chi connectivity index (χ1n) is 7.51. The second kappa shape index (κ2) is 8.04. The monoisotopic (exact) mass is 288 g/mol. The molecule has 3 N–H and O–H groups in total. The maximum atomic E-state index is 9.42. The Hall–Kier alpha value is -1.54. The van der Waals surface area contributed by atoms with Crippen molar-refractivity contribution in [1.82, 2.24) is 4.90 Å². The van der Waals surface area contributed by atoms with Crippen molar-refractivity contribution in [3.8, 4) is 17.6 Å². The molecule has 21 heavy (non-hydrogen) atoms. The Morgan fingerprint density at radius 2 is 2.14 bits per heavy atom. The van der Waals surface area contributed by atoms with E-state index >= 15 is 0 Å². The van der Waals surface area contributed by atoms with Crippen LogP contribution in [-0.2, 0) is 0 Å². The summed E-state index contributed by atoms with van der Waals surface area (Å²) in [4.78, 5) is 2.31. The van der Waals surface area contributed by atoms with Crippen molar-refractivity contribution in [3.05, 3.63) is 29.8 Å². The fraction of sp³-hybridized carbons (Fsp3) is 0.529. The van der Waals surface area contributed by atoms with E-state index in [0.29, 0.717) is 19.1 Å². The van der Waals surface area contributed by atoms with E-state index in [1.165, 1.54) is 0 Å². The minimum Gasteiger partial charge on any atom is -0.492 e. The predicted octanol–water partition coefficient (Wildman–Crippen LogP) is 1.08. The normalized spacial score (nSPS) is 21.9. The molecule has 0 amide bonds. The van der Waals surface area contributed by atoms with Gasteiger partial charge in [0.2, 0.25) is 0 Å². The summed E-state index contributed by atoms with van der Waals surface area (Å²) in [7, 11) is 0. The molecule has 1 saturated heterocycles. The van der Waals surface area contributed by atoms with Crippen molar-refractivity contribution < 1.29 is 9.84 Å². The van der Waals surface area contributed by atoms with Crippen LogP contribution in [0.25, 0.3) is 0 Å². The van der Waals surface area contributed by atoms with Gasteiger partial charge in [-0.05, 0) is 43.1 Å². The summed E-state index contributed by atoms with van der Waals surface area (Å²) in [5, 5.41) is 9.42. The lowest BCUT2D eigenvalue weighted by molar-refractivity contribution is 0.123. The van der Waals surface area contributed by atoms with Crippen molar-refractivity contribution in [3.63, 3.8) is 0 Å². The summed E-state index contributed by atoms with van der Waals surface area (Å²) < 4.78 is 5.76. The maximum Gasteiger partial charge on any atom is 0.119 e. The number of ether oxygens (including phenoxy) is 1. The lowest BCUT2D eigenvalue weighted by Gasteiger charge is -2.24. The average molecular weight is 288 g/mol. The number of hydrogen-bond donors (Lipinski definition) is 2. The fourth-order valence-electron chi connectivity index (χ4n) is 2.73. The molecule has 1 aromatic rings. The standard InChI is InChI=1S/C17H24N2O2/c1-14-8-10-19(17(14)13-20)11-12-21-16-6-4-15(5-7-16)3-2-9-18/h4-7,14,17,20H,8-13,18H2,1H3. The van der Waals surface area contributed by atoms with Gasteiger partial charge < -0.3 is 15.6 Å². The molecule has 2 atom stereocenters. The van der Waals surface area contributed by atoms with E-state index in [2.05, 4.69) is 23.7 Å². The molecule has 1 heterocycles. The van der Waals surface area contributed by atoms with Crippen molar-refractivity contribution in [1.29, 1.82) is 0 Å². The summed E-state index contributed by atoms with van der Waals surface area (Å²) in [6.07, 6.45) is 1.15. The Bertz CT molecular complexity index is 490. The van der Waals surface area contributed by atoms with Crippen molar-refractivity contribution in [2.75, 3.05) is 32.8 Å². The number of nitrogens with two attached hydrogens (primary N) is 1. The molecule has 1 aliphatic rings. The van der Waals surface area contributed by atoms with Gasteiger partial charge >= 0.3 is 0 Å². The van der Waals surface area contributed by atoms with Gasteiger partial charge in [0.05, 0.1) is 13.2 Å². The zero-order valence-corrected chi connectivity index (χ0v) is 12.6. The lowest BCUT2D eigenvalue weighted by atomic mass is 10.0. The molecule has 0 aromatic heterocycles. The molecule has 114 valence electrons. The molecular weight excluding hydrogens is 264 g/mol. The minimum absolute atomic E-state index is 0.232. The summed E-state index contributed by atoms with van der Waals surface area (Å²) in [6, 6.07) is 8.01. The van der Waals surface area contributed by atoms with E-state index in [0.717, 1.165) is 30.8 Å². The minimum atomic E-state index is 0.232. The molecule has 2 unspecified atom stereocenters. The number of likely N-dealkylation sites (tertiary alicyclic amines) is 1. The highest BCUT2D eigenvalue weighted by Gasteiger charge is 2.29. The summed E-state index contributed by atoms with van der Waals surface area (Å²) in [5.41, 5.74) is 6.29. The molecule has 0 bridgehead atoms. The largest absolute Gasteiger partial charge is 0.492 e. The second-order valence-corrected chi connectivity index (χ2v) is 5.43. The molecule has 2 rings (SSSR count). The van der Waals surface area contributed by atoms with Gasteiger partial charge in [-0.2, -0.15) is 0 Å². The van der Waals surface area contributed by atoms with Gasteiger partial charge in [-0.15, -0.1) is 0 Å². The van der Waals surface area contributed by atoms with Gasteiger partial charge in [0.25, 0.3) is 0 Å². The van der Waals surface area contributed by atoms with Crippen molar-refractivity contribution in [2.45, 2.75) is 19.4 Å². The molecule has 4 nitrogen and oxygen atoms in total. The van der Waals surface area contributed by atoms with Crippen LogP contribution in [0.1, 0.15) is 18.9 Å². The zero-order chi connectivity index (χ0) is 15.1. The summed E-state index contributed by atoms with van der Waals surface area (Å²) in [6.45, 7) is 5.34. The van der Waals surface area contributed by atoms with E-state index in [-0.39, 0.29) is 12.6 Å². The second-order valence-electron chi connectivity index (χ2n) is 5.43. The van der Waals surface area contributed by atoms with E-state index in [1.807, 2.05) is 24.3 Å². The maximum absolute atomic E-state index is 9.42. The van der Waals surface area contributed by atoms with E-state index in [1.54, 1.807) is 0 Å². The Morgan fingerprint density at radius 3 is 2.81 bits per heavy atom. The van der Waals surface area contributed by atoms with Gasteiger partial charge in [0, 0.05) is 18.2 Å². The van der Waals surface area contributed by atoms with Crippen LogP contribution >= 0.6 is 0 Å². The van der Waals surface area contributed by atoms with Crippen LogP contribution in [0.15, 0.2) is 24.3 Å². The van der Waals surface area contributed by atoms with Crippen LogP contribution in [0, 0.1) is 17.8 Å². The van der Waals surface area contributed by atoms with Gasteiger partial charge in [-0.3, -0.25) is 4.90 Å². The third-order valence-corrected chi connectivity index (χ3v) is 4.02. The molecular formula is C17H24N2O2. The molecule has 0 radical (unpaired) electrons. The van der Waals surface area contributed by atoms with Crippen LogP contribution < -0.4 is 10.5 Å². The summed E-state index contributed by atoms with van der Waals surface area (Å²) in [5.74, 6) is 7.22. The highest BCUT2D eigenvalue weighted by Crippen LogP contribution is 2.23. The number of hydrogen-bond acceptors (Lipinski definition) is 4. The average Bonchev–Trinajstić information content (AvgIpc) is 2.86. The smallest absolute Gasteiger partial charge is 0.119 e. The Kier molecular flexibility index (Phi) is 6.06. The Labute approximate surface area is 126 Å². The van der Waals surface area contributed by atoms with Crippen LogP contribution in [0.2, 0.25) is 0 Å². The van der Waals surface area contributed by atoms with Crippen molar-refractivity contribution in [2.24, 2.45) is 11.7 Å². The van der Waals surface area contributed by atoms with Crippen molar-refractivity contribution >= 4 is 0 Å². The fourth-order valence-corrected chi connectivity index (χ4v) is 2.73. The number of benzene rings is 1. The first-order chi connectivity index (χ1) is 10.2. The van der Waals surface area contributed by atoms with Gasteiger partial charge in [0.1, 0.15) is 12.4 Å². The van der Waals surface area contributed by atoms with Crippen LogP contribution in [0.3, 0.4) is 0 Å². The van der Waals surface area contributed by atoms with E-state index < -0.39 is 0 Å². The van der Waals surface area contributed by atoms with Crippen LogP contribution in [-0.4, -0.2) is 48.9 Å². The molecule has 0 saturated carbocycles. The van der Waals surface area contributed by atoms with Gasteiger partial charge in [-0.1, -0.05) is 18.8 Å². The third kappa shape index (κ3) is 4.47. The van der Waals surface area contributed by atoms with Gasteiger partial charge in [-0.25, -0.2) is 0 Å². The number of rotatable bonds is 5. The predicted molar refractivity (Wildman–Crippen MR) is 84.1 cm³/mol. The number of aliphatic hydroxyl groups excluding tert-OH is 1. The topological polar surface area (TPSA) is 58.7 Å². The SMILES string of the molecule is CC1CCN(CCOc2ccc(C#CCN)cc2)C1CO.